The molecular weight excluding hydrogens is 150 g/mol. The lowest BCUT2D eigenvalue weighted by Gasteiger charge is -1.99. The molecule has 1 N–H and O–H groups in total. The van der Waals surface area contributed by atoms with Gasteiger partial charge in [-0.15, -0.1) is 9.24 Å². The Labute approximate surface area is 58.9 Å². The average Bonchev–Trinajstić information content (AvgIpc) is 1.89. The molecule has 0 bridgehead atoms. The third-order valence-electron chi connectivity index (χ3n) is 0.976. The zero-order valence-corrected chi connectivity index (χ0v) is 7.14. The molecule has 0 aromatic carbocycles. The van der Waals surface area contributed by atoms with E-state index in [2.05, 4.69) is 28.7 Å². The topological polar surface area (TPSA) is 24.9 Å². The van der Waals surface area contributed by atoms with Gasteiger partial charge in [-0.3, -0.25) is 0 Å². The van der Waals surface area contributed by atoms with E-state index in [9.17, 15) is 0 Å². The highest BCUT2D eigenvalue weighted by Crippen LogP contribution is 2.03. The minimum Gasteiger partial charge on any atom is -0.354 e. The predicted octanol–water partition coefficient (Wildman–Crippen LogP) is 0.784. The molecule has 0 amide bonds. The van der Waals surface area contributed by atoms with Crippen molar-refractivity contribution >= 4 is 29.8 Å². The van der Waals surface area contributed by atoms with E-state index in [-0.39, 0.29) is 0 Å². The Morgan fingerprint density at radius 1 is 1.56 bits per heavy atom. The van der Waals surface area contributed by atoms with Gasteiger partial charge in [0, 0.05) is 11.5 Å². The largest absolute Gasteiger partial charge is 0.354 e. The summed E-state index contributed by atoms with van der Waals surface area (Å²) in [5.74, 6) is 0.882. The van der Waals surface area contributed by atoms with Crippen LogP contribution in [0.5, 0.6) is 0 Å². The number of nitrogens with zero attached hydrogens (tertiary/aromatic N) is 1. The molecule has 9 heavy (non-hydrogen) atoms. The normalized spacial score (nSPS) is 9.11. The Kier molecular flexibility index (Phi) is 2.38. The fraction of sp³-hybridized carbons (Fsp3) is 0. The van der Waals surface area contributed by atoms with E-state index in [0.717, 1.165) is 11.1 Å². The van der Waals surface area contributed by atoms with Crippen molar-refractivity contribution in [3.05, 3.63) is 18.3 Å². The van der Waals surface area contributed by atoms with Crippen molar-refractivity contribution in [2.75, 3.05) is 5.09 Å². The van der Waals surface area contributed by atoms with Gasteiger partial charge in [0.15, 0.2) is 0 Å². The number of hydrogen-bond donors (Lipinski definition) is 1. The lowest BCUT2D eigenvalue weighted by molar-refractivity contribution is 1.36. The maximum absolute atomic E-state index is 4.04. The summed E-state index contributed by atoms with van der Waals surface area (Å²) in [6, 6.07) is 3.87. The molecule has 0 aliphatic carbocycles. The highest BCUT2D eigenvalue weighted by atomic mass is 31.0. The fourth-order valence-electron chi connectivity index (χ4n) is 0.538. The first-order valence-corrected chi connectivity index (χ1v) is 3.67. The van der Waals surface area contributed by atoms with Gasteiger partial charge in [0.05, 0.1) is 0 Å². The first-order chi connectivity index (χ1) is 4.34. The molecule has 48 valence electrons. The highest BCUT2D eigenvalue weighted by Gasteiger charge is 1.90. The van der Waals surface area contributed by atoms with E-state index in [1.807, 2.05) is 12.1 Å². The predicted molar refractivity (Wildman–Crippen MR) is 46.9 cm³/mol. The van der Waals surface area contributed by atoms with Crippen LogP contribution in [0, 0.1) is 0 Å². The third kappa shape index (κ3) is 1.61. The number of anilines is 1. The monoisotopic (exact) mass is 158 g/mol. The minimum absolute atomic E-state index is 0.882. The molecule has 1 aromatic rings. The molecular formula is C5H8N2P2. The van der Waals surface area contributed by atoms with Crippen molar-refractivity contribution in [1.82, 2.24) is 4.98 Å². The van der Waals surface area contributed by atoms with Crippen LogP contribution in [0.25, 0.3) is 0 Å². The fourth-order valence-corrected chi connectivity index (χ4v) is 1.22. The van der Waals surface area contributed by atoms with E-state index in [1.54, 1.807) is 6.20 Å². The maximum atomic E-state index is 4.04. The summed E-state index contributed by atoms with van der Waals surface area (Å²) in [6.07, 6.45) is 1.75. The van der Waals surface area contributed by atoms with Crippen molar-refractivity contribution in [3.8, 4) is 0 Å². The number of pyridine rings is 1. The van der Waals surface area contributed by atoms with Gasteiger partial charge in [-0.2, -0.15) is 0 Å². The second-order valence-electron chi connectivity index (χ2n) is 1.59. The van der Waals surface area contributed by atoms with Crippen LogP contribution < -0.4 is 10.4 Å². The summed E-state index contributed by atoms with van der Waals surface area (Å²) in [4.78, 5) is 4.04. The summed E-state index contributed by atoms with van der Waals surface area (Å²) in [7, 11) is 4.99. The molecule has 1 heterocycles. The quantitative estimate of drug-likeness (QED) is 0.611. The summed E-state index contributed by atoms with van der Waals surface area (Å²) in [5, 5.41) is 3.96. The zero-order valence-electron chi connectivity index (χ0n) is 4.83. The van der Waals surface area contributed by atoms with E-state index in [4.69, 9.17) is 0 Å². The van der Waals surface area contributed by atoms with Crippen LogP contribution in [0.1, 0.15) is 0 Å². The molecule has 0 aliphatic rings. The minimum atomic E-state index is 0.882. The molecule has 1 aromatic heterocycles. The van der Waals surface area contributed by atoms with Crippen LogP contribution in [0.2, 0.25) is 0 Å². The van der Waals surface area contributed by atoms with Crippen LogP contribution in [0.3, 0.4) is 0 Å². The average molecular weight is 158 g/mol. The van der Waals surface area contributed by atoms with Crippen molar-refractivity contribution in [3.63, 3.8) is 0 Å². The van der Waals surface area contributed by atoms with Crippen molar-refractivity contribution < 1.29 is 0 Å². The number of rotatable bonds is 1. The molecule has 0 aliphatic heterocycles. The second-order valence-corrected chi connectivity index (χ2v) is 2.50. The van der Waals surface area contributed by atoms with Crippen LogP contribution in [0.4, 0.5) is 5.82 Å². The molecule has 1 rings (SSSR count). The van der Waals surface area contributed by atoms with Gasteiger partial charge in [-0.05, 0) is 21.5 Å². The summed E-state index contributed by atoms with van der Waals surface area (Å²) in [5.41, 5.74) is 0. The molecule has 0 spiro atoms. The molecule has 0 saturated carbocycles. The first-order valence-electron chi connectivity index (χ1n) is 2.51. The third-order valence-corrected chi connectivity index (χ3v) is 1.71. The molecule has 0 fully saturated rings. The zero-order chi connectivity index (χ0) is 6.69. The van der Waals surface area contributed by atoms with Crippen molar-refractivity contribution in [1.29, 1.82) is 0 Å². The Morgan fingerprint density at radius 3 is 2.78 bits per heavy atom. The Hall–Kier alpha value is -0.190. The lowest BCUT2D eigenvalue weighted by atomic mass is 10.5. The SMILES string of the molecule is PNc1ncccc1P. The maximum Gasteiger partial charge on any atom is 0.135 e. The molecule has 0 radical (unpaired) electrons. The standard InChI is InChI=1S/C5H8N2P2/c8-4-2-1-3-6-5(4)7-9/h1-3H,8-9H2,(H,6,7). The van der Waals surface area contributed by atoms with Crippen LogP contribution in [-0.4, -0.2) is 4.98 Å². The molecule has 2 nitrogen and oxygen atoms in total. The summed E-state index contributed by atoms with van der Waals surface area (Å²) < 4.78 is 0. The van der Waals surface area contributed by atoms with Gasteiger partial charge in [0.25, 0.3) is 0 Å². The van der Waals surface area contributed by atoms with Gasteiger partial charge in [-0.25, -0.2) is 4.98 Å². The van der Waals surface area contributed by atoms with E-state index < -0.39 is 0 Å². The molecule has 4 heteroatoms. The van der Waals surface area contributed by atoms with Gasteiger partial charge in [0.2, 0.25) is 0 Å². The van der Waals surface area contributed by atoms with Crippen LogP contribution in [0.15, 0.2) is 18.3 Å². The molecule has 2 atom stereocenters. The number of aromatic nitrogens is 1. The Bertz CT molecular complexity index is 202. The summed E-state index contributed by atoms with van der Waals surface area (Å²) in [6.45, 7) is 0. The number of nitrogens with one attached hydrogen (secondary N) is 1. The van der Waals surface area contributed by atoms with Gasteiger partial charge < -0.3 is 5.09 Å². The van der Waals surface area contributed by atoms with Gasteiger partial charge in [0.1, 0.15) is 5.82 Å². The first kappa shape index (κ1) is 6.92. The lowest BCUT2D eigenvalue weighted by Crippen LogP contribution is -1.98. The van der Waals surface area contributed by atoms with E-state index in [1.165, 1.54) is 0 Å². The highest BCUT2D eigenvalue weighted by molar-refractivity contribution is 7.28. The van der Waals surface area contributed by atoms with Crippen LogP contribution >= 0.6 is 18.6 Å². The number of hydrogen-bond acceptors (Lipinski definition) is 2. The van der Waals surface area contributed by atoms with Gasteiger partial charge in [-0.1, -0.05) is 0 Å². The smallest absolute Gasteiger partial charge is 0.135 e. The van der Waals surface area contributed by atoms with E-state index >= 15 is 0 Å². The molecule has 0 saturated heterocycles. The summed E-state index contributed by atoms with van der Waals surface area (Å²) >= 11 is 0. The Balaban J connectivity index is 3.01. The Morgan fingerprint density at radius 2 is 2.33 bits per heavy atom. The van der Waals surface area contributed by atoms with Crippen molar-refractivity contribution in [2.24, 2.45) is 0 Å². The second kappa shape index (κ2) is 3.10. The van der Waals surface area contributed by atoms with E-state index in [0.29, 0.717) is 0 Å². The molecule has 2 unspecified atom stereocenters. The van der Waals surface area contributed by atoms with Crippen molar-refractivity contribution in [2.45, 2.75) is 0 Å². The van der Waals surface area contributed by atoms with Gasteiger partial charge >= 0.3 is 0 Å². The van der Waals surface area contributed by atoms with Crippen LogP contribution in [-0.2, 0) is 0 Å².